The van der Waals surface area contributed by atoms with Crippen LogP contribution < -0.4 is 9.46 Å². The van der Waals surface area contributed by atoms with Gasteiger partial charge < -0.3 is 9.47 Å². The molecule has 0 amide bonds. The smallest absolute Gasteiger partial charge is 0.338 e. The number of carbonyl (C=O) groups excluding carboxylic acids is 1. The van der Waals surface area contributed by atoms with Crippen LogP contribution in [0.1, 0.15) is 15.9 Å². The van der Waals surface area contributed by atoms with E-state index in [0.29, 0.717) is 0 Å². The minimum absolute atomic E-state index is 0.0148. The van der Waals surface area contributed by atoms with Crippen molar-refractivity contribution in [3.05, 3.63) is 59.4 Å². The Morgan fingerprint density at radius 2 is 1.92 bits per heavy atom. The Hall–Kier alpha value is -2.45. The van der Waals surface area contributed by atoms with Crippen molar-refractivity contribution in [2.45, 2.75) is 11.5 Å². The number of ether oxygens (including phenoxy) is 2. The van der Waals surface area contributed by atoms with E-state index < -0.39 is 21.8 Å². The summed E-state index contributed by atoms with van der Waals surface area (Å²) in [6.07, 6.45) is 0. The van der Waals surface area contributed by atoms with Crippen LogP contribution >= 0.6 is 0 Å². The summed E-state index contributed by atoms with van der Waals surface area (Å²) in [5.41, 5.74) is 0.239. The minimum Gasteiger partial charge on any atom is -0.495 e. The number of halogens is 1. The van der Waals surface area contributed by atoms with Crippen molar-refractivity contribution in [3.8, 4) is 5.75 Å². The van der Waals surface area contributed by atoms with E-state index in [2.05, 4.69) is 4.72 Å². The Bertz CT molecular complexity index is 851. The van der Waals surface area contributed by atoms with Gasteiger partial charge in [0.1, 0.15) is 23.1 Å². The van der Waals surface area contributed by atoms with E-state index in [1.165, 1.54) is 44.5 Å². The summed E-state index contributed by atoms with van der Waals surface area (Å²) < 4.78 is 49.7. The molecule has 0 spiro atoms. The number of hydrogen-bond acceptors (Lipinski definition) is 5. The van der Waals surface area contributed by atoms with Gasteiger partial charge in [0.15, 0.2) is 0 Å². The van der Waals surface area contributed by atoms with Gasteiger partial charge in [-0.3, -0.25) is 0 Å². The third-order valence-corrected chi connectivity index (χ3v) is 4.71. The van der Waals surface area contributed by atoms with Crippen LogP contribution in [0.3, 0.4) is 0 Å². The van der Waals surface area contributed by atoms with E-state index in [0.717, 1.165) is 6.07 Å². The molecule has 0 fully saturated rings. The molecular formula is C16H16FNO5S. The molecule has 0 bridgehead atoms. The van der Waals surface area contributed by atoms with E-state index in [1.54, 1.807) is 6.07 Å². The Kier molecular flexibility index (Phi) is 5.53. The third-order valence-electron chi connectivity index (χ3n) is 3.27. The normalized spacial score (nSPS) is 11.1. The van der Waals surface area contributed by atoms with Crippen molar-refractivity contribution in [2.75, 3.05) is 14.2 Å². The molecule has 24 heavy (non-hydrogen) atoms. The van der Waals surface area contributed by atoms with Gasteiger partial charge in [-0.2, -0.15) is 0 Å². The summed E-state index contributed by atoms with van der Waals surface area (Å²) in [6, 6.07) is 9.77. The summed E-state index contributed by atoms with van der Waals surface area (Å²) in [5.74, 6) is -1.16. The number of benzene rings is 2. The summed E-state index contributed by atoms with van der Waals surface area (Å²) in [5, 5.41) is 0. The highest BCUT2D eigenvalue weighted by atomic mass is 32.2. The lowest BCUT2D eigenvalue weighted by Gasteiger charge is -2.11. The van der Waals surface area contributed by atoms with E-state index in [-0.39, 0.29) is 28.4 Å². The number of sulfonamides is 1. The van der Waals surface area contributed by atoms with Gasteiger partial charge in [0.05, 0.1) is 12.7 Å². The average molecular weight is 353 g/mol. The molecule has 2 aromatic carbocycles. The van der Waals surface area contributed by atoms with Crippen LogP contribution in [-0.4, -0.2) is 28.5 Å². The molecule has 0 radical (unpaired) electrons. The zero-order chi connectivity index (χ0) is 17.7. The van der Waals surface area contributed by atoms with Crippen molar-refractivity contribution in [1.29, 1.82) is 0 Å². The maximum absolute atomic E-state index is 13.5. The first kappa shape index (κ1) is 17.9. The van der Waals surface area contributed by atoms with Crippen molar-refractivity contribution in [2.24, 2.45) is 0 Å². The van der Waals surface area contributed by atoms with Gasteiger partial charge in [-0.15, -0.1) is 0 Å². The molecule has 2 aromatic rings. The molecule has 6 nitrogen and oxygen atoms in total. The van der Waals surface area contributed by atoms with Crippen LogP contribution in [-0.2, 0) is 21.4 Å². The number of methoxy groups -OCH3 is 1. The standard InChI is InChI=1S/C16H16FNO5S/c1-18-24(20,21)15-9-11(7-8-14(15)22-2)16(19)23-10-12-5-3-4-6-13(12)17/h3-9,18H,10H2,1-2H3. The molecule has 0 saturated carbocycles. The zero-order valence-corrected chi connectivity index (χ0v) is 13.9. The first-order valence-electron chi connectivity index (χ1n) is 6.91. The predicted molar refractivity (Wildman–Crippen MR) is 84.8 cm³/mol. The van der Waals surface area contributed by atoms with Crippen molar-refractivity contribution in [3.63, 3.8) is 0 Å². The fourth-order valence-electron chi connectivity index (χ4n) is 1.97. The highest BCUT2D eigenvalue weighted by Gasteiger charge is 2.20. The predicted octanol–water partition coefficient (Wildman–Crippen LogP) is 2.10. The monoisotopic (exact) mass is 353 g/mol. The van der Waals surface area contributed by atoms with Crippen LogP contribution in [0.5, 0.6) is 5.75 Å². The molecule has 0 aliphatic carbocycles. The third kappa shape index (κ3) is 3.90. The number of carbonyl (C=O) groups is 1. The summed E-state index contributed by atoms with van der Waals surface area (Å²) in [4.78, 5) is 11.9. The number of rotatable bonds is 6. The average Bonchev–Trinajstić information content (AvgIpc) is 2.60. The molecule has 0 aromatic heterocycles. The molecule has 0 unspecified atom stereocenters. The molecule has 0 atom stereocenters. The quantitative estimate of drug-likeness (QED) is 0.805. The lowest BCUT2D eigenvalue weighted by Crippen LogP contribution is -2.20. The lowest BCUT2D eigenvalue weighted by atomic mass is 10.2. The Morgan fingerprint density at radius 1 is 1.21 bits per heavy atom. The number of esters is 1. The molecule has 1 N–H and O–H groups in total. The summed E-state index contributed by atoms with van der Waals surface area (Å²) in [7, 11) is -1.25. The molecule has 0 aliphatic heterocycles. The van der Waals surface area contributed by atoms with Gasteiger partial charge in [0, 0.05) is 5.56 Å². The van der Waals surface area contributed by atoms with Gasteiger partial charge >= 0.3 is 5.97 Å². The van der Waals surface area contributed by atoms with Crippen molar-refractivity contribution < 1.29 is 27.1 Å². The van der Waals surface area contributed by atoms with Crippen molar-refractivity contribution >= 4 is 16.0 Å². The zero-order valence-electron chi connectivity index (χ0n) is 13.1. The van der Waals surface area contributed by atoms with Crippen LogP contribution in [0, 0.1) is 5.82 Å². The fraction of sp³-hybridized carbons (Fsp3) is 0.188. The molecule has 0 heterocycles. The molecule has 8 heteroatoms. The largest absolute Gasteiger partial charge is 0.495 e. The van der Waals surface area contributed by atoms with Crippen LogP contribution in [0.4, 0.5) is 4.39 Å². The second kappa shape index (κ2) is 7.41. The number of nitrogens with one attached hydrogen (secondary N) is 1. The Balaban J connectivity index is 2.24. The molecule has 2 rings (SSSR count). The highest BCUT2D eigenvalue weighted by molar-refractivity contribution is 7.89. The van der Waals surface area contributed by atoms with Gasteiger partial charge in [-0.25, -0.2) is 22.3 Å². The van der Waals surface area contributed by atoms with Crippen LogP contribution in [0.15, 0.2) is 47.4 Å². The molecule has 0 aliphatic rings. The molecule has 128 valence electrons. The van der Waals surface area contributed by atoms with Gasteiger partial charge in [0.2, 0.25) is 10.0 Å². The van der Waals surface area contributed by atoms with Gasteiger partial charge in [-0.05, 0) is 31.3 Å². The topological polar surface area (TPSA) is 81.7 Å². The summed E-state index contributed by atoms with van der Waals surface area (Å²) >= 11 is 0. The maximum Gasteiger partial charge on any atom is 0.338 e. The second-order valence-electron chi connectivity index (χ2n) is 4.74. The molecular weight excluding hydrogens is 337 g/mol. The van der Waals surface area contributed by atoms with Crippen LogP contribution in [0.2, 0.25) is 0 Å². The van der Waals surface area contributed by atoms with Crippen molar-refractivity contribution in [1.82, 2.24) is 4.72 Å². The Morgan fingerprint density at radius 3 is 2.54 bits per heavy atom. The van der Waals surface area contributed by atoms with Gasteiger partial charge in [0.25, 0.3) is 0 Å². The van der Waals surface area contributed by atoms with E-state index in [1.807, 2.05) is 0 Å². The molecule has 0 saturated heterocycles. The second-order valence-corrected chi connectivity index (χ2v) is 6.60. The van der Waals surface area contributed by atoms with E-state index in [9.17, 15) is 17.6 Å². The maximum atomic E-state index is 13.5. The Labute approximate surface area is 139 Å². The summed E-state index contributed by atoms with van der Waals surface area (Å²) in [6.45, 7) is -0.258. The SMILES string of the molecule is CNS(=O)(=O)c1cc(C(=O)OCc2ccccc2F)ccc1OC. The van der Waals surface area contributed by atoms with E-state index in [4.69, 9.17) is 9.47 Å². The van der Waals surface area contributed by atoms with Gasteiger partial charge in [-0.1, -0.05) is 18.2 Å². The fourth-order valence-corrected chi connectivity index (χ4v) is 2.88. The highest BCUT2D eigenvalue weighted by Crippen LogP contribution is 2.25. The van der Waals surface area contributed by atoms with Crippen LogP contribution in [0.25, 0.3) is 0 Å². The first-order valence-corrected chi connectivity index (χ1v) is 8.39. The number of hydrogen-bond donors (Lipinski definition) is 1. The lowest BCUT2D eigenvalue weighted by molar-refractivity contribution is 0.0468. The van der Waals surface area contributed by atoms with E-state index >= 15 is 0 Å². The minimum atomic E-state index is -3.81. The first-order chi connectivity index (χ1) is 11.4.